The number of carbonyl (C=O) groups excluding carboxylic acids is 1. The molecule has 0 aliphatic carbocycles. The minimum Gasteiger partial charge on any atom is -0.487 e. The van der Waals surface area contributed by atoms with Crippen molar-refractivity contribution in [3.05, 3.63) is 101 Å². The van der Waals surface area contributed by atoms with Crippen LogP contribution in [0.5, 0.6) is 5.75 Å². The summed E-state index contributed by atoms with van der Waals surface area (Å²) >= 11 is 10.4. The molecule has 0 saturated carbocycles. The van der Waals surface area contributed by atoms with Crippen molar-refractivity contribution in [2.24, 2.45) is 4.99 Å². The predicted molar refractivity (Wildman–Crippen MR) is 135 cm³/mol. The minimum atomic E-state index is -0.578. The average molecular weight is 660 g/mol. The molecule has 3 aromatic rings. The zero-order valence-corrected chi connectivity index (χ0v) is 20.8. The van der Waals surface area contributed by atoms with Gasteiger partial charge in [0.15, 0.2) is 5.70 Å². The molecule has 0 bridgehead atoms. The van der Waals surface area contributed by atoms with E-state index in [1.807, 2.05) is 36.4 Å². The first-order chi connectivity index (χ1) is 14.9. The van der Waals surface area contributed by atoms with E-state index in [1.165, 1.54) is 18.2 Å². The third kappa shape index (κ3) is 5.45. The van der Waals surface area contributed by atoms with Gasteiger partial charge >= 0.3 is 5.97 Å². The maximum Gasteiger partial charge on any atom is 0.363 e. The van der Waals surface area contributed by atoms with Crippen LogP contribution < -0.4 is 4.74 Å². The summed E-state index contributed by atoms with van der Waals surface area (Å²) < 4.78 is 26.4. The molecular weight excluding hydrogens is 647 g/mol. The number of esters is 1. The molecule has 0 N–H and O–H groups in total. The number of carbonyl (C=O) groups is 1. The summed E-state index contributed by atoms with van der Waals surface area (Å²) in [6.45, 7) is 0.389. The Labute approximate surface area is 210 Å². The summed E-state index contributed by atoms with van der Waals surface area (Å²) in [6.07, 6.45) is 1.64. The first-order valence-electron chi connectivity index (χ1n) is 9.04. The summed E-state index contributed by atoms with van der Waals surface area (Å²) in [5.74, 6) is -0.167. The van der Waals surface area contributed by atoms with Gasteiger partial charge in [0, 0.05) is 10.6 Å². The summed E-state index contributed by atoms with van der Waals surface area (Å²) in [5, 5.41) is 0.661. The second kappa shape index (κ2) is 9.66. The van der Waals surface area contributed by atoms with Gasteiger partial charge in [-0.25, -0.2) is 14.2 Å². The fourth-order valence-electron chi connectivity index (χ4n) is 2.89. The number of cyclic esters (lactones) is 1. The average Bonchev–Trinajstić information content (AvgIpc) is 3.08. The lowest BCUT2D eigenvalue weighted by Gasteiger charge is -2.12. The molecule has 0 aromatic heterocycles. The maximum absolute atomic E-state index is 13.4. The van der Waals surface area contributed by atoms with E-state index >= 15 is 0 Å². The van der Waals surface area contributed by atoms with Crippen LogP contribution in [0.2, 0.25) is 5.02 Å². The molecule has 0 fully saturated rings. The van der Waals surface area contributed by atoms with E-state index in [4.69, 9.17) is 21.1 Å². The first-order valence-corrected chi connectivity index (χ1v) is 11.6. The molecule has 1 aliphatic rings. The van der Waals surface area contributed by atoms with Crippen molar-refractivity contribution in [2.45, 2.75) is 6.61 Å². The van der Waals surface area contributed by atoms with E-state index in [1.54, 1.807) is 12.1 Å². The molecule has 0 atom stereocenters. The smallest absolute Gasteiger partial charge is 0.363 e. The second-order valence-corrected chi connectivity index (χ2v) is 9.34. The quantitative estimate of drug-likeness (QED) is 0.176. The highest BCUT2D eigenvalue weighted by molar-refractivity contribution is 14.1. The molecule has 0 amide bonds. The number of halogens is 4. The Bertz CT molecular complexity index is 1220. The zero-order valence-electron chi connectivity index (χ0n) is 15.7. The molecular formula is C23H13ClFI2NO3. The lowest BCUT2D eigenvalue weighted by Crippen LogP contribution is -2.05. The van der Waals surface area contributed by atoms with Crippen molar-refractivity contribution in [1.82, 2.24) is 0 Å². The predicted octanol–water partition coefficient (Wildman–Crippen LogP) is 6.61. The number of aliphatic imine (C=N–C) groups is 1. The van der Waals surface area contributed by atoms with E-state index < -0.39 is 11.8 Å². The van der Waals surface area contributed by atoms with Gasteiger partial charge in [0.1, 0.15) is 18.2 Å². The van der Waals surface area contributed by atoms with Gasteiger partial charge in [0.05, 0.1) is 7.14 Å². The van der Waals surface area contributed by atoms with Gasteiger partial charge in [0.2, 0.25) is 5.90 Å². The molecule has 4 rings (SSSR count). The maximum atomic E-state index is 13.4. The van der Waals surface area contributed by atoms with E-state index in [0.717, 1.165) is 24.0 Å². The van der Waals surface area contributed by atoms with Gasteiger partial charge in [-0.05, 0) is 105 Å². The SMILES string of the molecule is O=C1OC(c2cccc(F)c2)=N/C1=C\c1cc(I)c(OCc2cccc(Cl)c2)c(I)c1. The summed E-state index contributed by atoms with van der Waals surface area (Å²) in [7, 11) is 0. The Morgan fingerprint density at radius 2 is 1.81 bits per heavy atom. The fraction of sp³-hybridized carbons (Fsp3) is 0.0435. The monoisotopic (exact) mass is 659 g/mol. The summed E-state index contributed by atoms with van der Waals surface area (Å²) in [6, 6.07) is 17.1. The standard InChI is InChI=1S/C23H13ClFI2NO3/c24-16-5-1-3-13(7-16)12-30-21-18(26)8-14(9-19(21)27)10-20-23(29)31-22(28-20)15-4-2-6-17(25)11-15/h1-11H,12H2/b20-10-. The van der Waals surface area contributed by atoms with E-state index in [0.29, 0.717) is 17.2 Å². The van der Waals surface area contributed by atoms with Crippen LogP contribution >= 0.6 is 56.8 Å². The van der Waals surface area contributed by atoms with Gasteiger partial charge in [-0.2, -0.15) is 0 Å². The van der Waals surface area contributed by atoms with Gasteiger partial charge in [-0.3, -0.25) is 0 Å². The highest BCUT2D eigenvalue weighted by atomic mass is 127. The third-order valence-corrected chi connectivity index (χ3v) is 6.13. The van der Waals surface area contributed by atoms with Crippen molar-refractivity contribution in [2.75, 3.05) is 0 Å². The van der Waals surface area contributed by atoms with Crippen molar-refractivity contribution < 1.29 is 18.7 Å². The Kier molecular flexibility index (Phi) is 6.92. The number of ether oxygens (including phenoxy) is 2. The Balaban J connectivity index is 1.56. The van der Waals surface area contributed by atoms with Crippen LogP contribution in [0, 0.1) is 13.0 Å². The van der Waals surface area contributed by atoms with Gasteiger partial charge < -0.3 is 9.47 Å². The zero-order chi connectivity index (χ0) is 22.0. The van der Waals surface area contributed by atoms with Crippen molar-refractivity contribution in [1.29, 1.82) is 0 Å². The van der Waals surface area contributed by atoms with Crippen LogP contribution in [0.15, 0.2) is 71.4 Å². The van der Waals surface area contributed by atoms with E-state index in [2.05, 4.69) is 50.2 Å². The van der Waals surface area contributed by atoms with Crippen LogP contribution in [0.1, 0.15) is 16.7 Å². The molecule has 1 aliphatic heterocycles. The highest BCUT2D eigenvalue weighted by Gasteiger charge is 2.24. The van der Waals surface area contributed by atoms with Gasteiger partial charge in [-0.15, -0.1) is 0 Å². The summed E-state index contributed by atoms with van der Waals surface area (Å²) in [4.78, 5) is 16.5. The Morgan fingerprint density at radius 3 is 2.52 bits per heavy atom. The molecule has 8 heteroatoms. The van der Waals surface area contributed by atoms with Crippen molar-refractivity contribution in [3.8, 4) is 5.75 Å². The molecule has 1 heterocycles. The van der Waals surface area contributed by atoms with Crippen LogP contribution in [0.4, 0.5) is 4.39 Å². The molecule has 0 unspecified atom stereocenters. The first kappa shape index (κ1) is 22.2. The van der Waals surface area contributed by atoms with Gasteiger partial charge in [0.25, 0.3) is 0 Å². The fourth-order valence-corrected chi connectivity index (χ4v) is 5.24. The number of nitrogens with zero attached hydrogens (tertiary/aromatic N) is 1. The van der Waals surface area contributed by atoms with Crippen LogP contribution in [-0.4, -0.2) is 11.9 Å². The molecule has 0 saturated heterocycles. The lowest BCUT2D eigenvalue weighted by molar-refractivity contribution is -0.129. The third-order valence-electron chi connectivity index (χ3n) is 4.29. The topological polar surface area (TPSA) is 47.9 Å². The lowest BCUT2D eigenvalue weighted by atomic mass is 10.2. The largest absolute Gasteiger partial charge is 0.487 e. The van der Waals surface area contributed by atoms with Crippen molar-refractivity contribution >= 4 is 74.7 Å². The van der Waals surface area contributed by atoms with Crippen LogP contribution in [-0.2, 0) is 16.1 Å². The Hall–Kier alpha value is -1.98. The molecule has 0 radical (unpaired) electrons. The molecule has 4 nitrogen and oxygen atoms in total. The summed E-state index contributed by atoms with van der Waals surface area (Å²) in [5.41, 5.74) is 2.31. The van der Waals surface area contributed by atoms with Gasteiger partial charge in [-0.1, -0.05) is 29.8 Å². The van der Waals surface area contributed by atoms with Crippen molar-refractivity contribution in [3.63, 3.8) is 0 Å². The highest BCUT2D eigenvalue weighted by Crippen LogP contribution is 2.31. The number of hydrogen-bond acceptors (Lipinski definition) is 4. The van der Waals surface area contributed by atoms with E-state index in [-0.39, 0.29) is 11.6 Å². The Morgan fingerprint density at radius 1 is 1.06 bits per heavy atom. The number of hydrogen-bond donors (Lipinski definition) is 0. The second-order valence-electron chi connectivity index (χ2n) is 6.58. The van der Waals surface area contributed by atoms with E-state index in [9.17, 15) is 9.18 Å². The minimum absolute atomic E-state index is 0.0848. The molecule has 3 aromatic carbocycles. The molecule has 31 heavy (non-hydrogen) atoms. The normalized spacial score (nSPS) is 14.5. The molecule has 156 valence electrons. The van der Waals surface area contributed by atoms with Crippen LogP contribution in [0.3, 0.4) is 0 Å². The number of benzene rings is 3. The van der Waals surface area contributed by atoms with Crippen LogP contribution in [0.25, 0.3) is 6.08 Å². The number of rotatable bonds is 5. The molecule has 0 spiro atoms.